The first kappa shape index (κ1) is 26.2. The van der Waals surface area contributed by atoms with Gasteiger partial charge in [-0.15, -0.1) is 0 Å². The molecule has 0 spiro atoms. The summed E-state index contributed by atoms with van der Waals surface area (Å²) >= 11 is 10.00. The highest BCUT2D eigenvalue weighted by molar-refractivity contribution is 9.10. The molecule has 0 N–H and O–H groups in total. The fourth-order valence-electron chi connectivity index (χ4n) is 3.50. The standard InChI is InChI=1S/C24H20BrClN2O7S/c1-33-18-11-14(10-17(25)21(18)35-23(31)15-2-4-16(26)5-3-15)12-19-22(30)28(24(32)36-19)13-20(29)27-6-8-34-9-7-27/h2-5,10-12H,6-9,13H2,1H3/b19-12-. The normalized spacial score (nSPS) is 17.0. The Balaban J connectivity index is 1.51. The molecule has 9 nitrogen and oxygen atoms in total. The number of esters is 1. The lowest BCUT2D eigenvalue weighted by Gasteiger charge is -2.28. The highest BCUT2D eigenvalue weighted by Crippen LogP contribution is 2.39. The van der Waals surface area contributed by atoms with Crippen LogP contribution in [0.15, 0.2) is 45.8 Å². The molecule has 36 heavy (non-hydrogen) atoms. The maximum Gasteiger partial charge on any atom is 0.343 e. The molecule has 0 radical (unpaired) electrons. The van der Waals surface area contributed by atoms with Crippen LogP contribution < -0.4 is 9.47 Å². The van der Waals surface area contributed by atoms with Crippen molar-refractivity contribution >= 4 is 68.4 Å². The van der Waals surface area contributed by atoms with Crippen molar-refractivity contribution in [2.45, 2.75) is 0 Å². The average molecular weight is 596 g/mol. The van der Waals surface area contributed by atoms with Crippen molar-refractivity contribution in [3.05, 3.63) is 61.9 Å². The molecule has 3 amide bonds. The number of hydrogen-bond acceptors (Lipinski definition) is 8. The van der Waals surface area contributed by atoms with Gasteiger partial charge in [0, 0.05) is 18.1 Å². The van der Waals surface area contributed by atoms with Gasteiger partial charge in [0.15, 0.2) is 11.5 Å². The zero-order valence-electron chi connectivity index (χ0n) is 19.0. The van der Waals surface area contributed by atoms with Crippen LogP contribution in [0.2, 0.25) is 5.02 Å². The van der Waals surface area contributed by atoms with Gasteiger partial charge in [0.25, 0.3) is 11.1 Å². The van der Waals surface area contributed by atoms with E-state index in [9.17, 15) is 19.2 Å². The molecule has 0 unspecified atom stereocenters. The number of nitrogens with zero attached hydrogens (tertiary/aromatic N) is 2. The van der Waals surface area contributed by atoms with E-state index in [4.69, 9.17) is 25.8 Å². The molecule has 2 aliphatic rings. The van der Waals surface area contributed by atoms with Crippen molar-refractivity contribution in [2.24, 2.45) is 0 Å². The summed E-state index contributed by atoms with van der Waals surface area (Å²) in [6.07, 6.45) is 1.52. The van der Waals surface area contributed by atoms with E-state index >= 15 is 0 Å². The first-order valence-corrected chi connectivity index (χ1v) is 12.7. The number of thioether (sulfide) groups is 1. The summed E-state index contributed by atoms with van der Waals surface area (Å²) < 4.78 is 16.5. The summed E-state index contributed by atoms with van der Waals surface area (Å²) in [5, 5.41) is -0.0306. The van der Waals surface area contributed by atoms with Crippen LogP contribution in [0.5, 0.6) is 11.5 Å². The van der Waals surface area contributed by atoms with Crippen molar-refractivity contribution in [1.82, 2.24) is 9.80 Å². The third-order valence-electron chi connectivity index (χ3n) is 5.35. The van der Waals surface area contributed by atoms with Crippen LogP contribution in [-0.2, 0) is 14.3 Å². The average Bonchev–Trinajstić information content (AvgIpc) is 3.13. The molecule has 0 aliphatic carbocycles. The van der Waals surface area contributed by atoms with Crippen molar-refractivity contribution in [3.63, 3.8) is 0 Å². The number of carbonyl (C=O) groups is 4. The summed E-state index contributed by atoms with van der Waals surface area (Å²) in [6, 6.07) is 9.44. The van der Waals surface area contributed by atoms with E-state index in [1.54, 1.807) is 41.3 Å². The molecule has 2 aliphatic heterocycles. The second-order valence-corrected chi connectivity index (χ2v) is 9.98. The third-order valence-corrected chi connectivity index (χ3v) is 7.10. The van der Waals surface area contributed by atoms with E-state index in [0.717, 1.165) is 16.7 Å². The second kappa shape index (κ2) is 11.5. The fraction of sp³-hybridized carbons (Fsp3) is 0.250. The van der Waals surface area contributed by atoms with Crippen molar-refractivity contribution < 1.29 is 33.4 Å². The van der Waals surface area contributed by atoms with E-state index in [2.05, 4.69) is 15.9 Å². The number of rotatable bonds is 6. The first-order valence-electron chi connectivity index (χ1n) is 10.7. The van der Waals surface area contributed by atoms with Gasteiger partial charge >= 0.3 is 5.97 Å². The summed E-state index contributed by atoms with van der Waals surface area (Å²) in [7, 11) is 1.41. The fourth-order valence-corrected chi connectivity index (χ4v) is 5.00. The molecular formula is C24H20BrClN2O7S. The van der Waals surface area contributed by atoms with Gasteiger partial charge < -0.3 is 19.1 Å². The molecule has 0 saturated carbocycles. The maximum absolute atomic E-state index is 12.9. The predicted octanol–water partition coefficient (Wildman–Crippen LogP) is 4.23. The molecule has 2 aromatic rings. The van der Waals surface area contributed by atoms with E-state index in [1.807, 2.05) is 0 Å². The van der Waals surface area contributed by atoms with Gasteiger partial charge in [0.2, 0.25) is 5.91 Å². The molecule has 2 aromatic carbocycles. The Labute approximate surface area is 224 Å². The monoisotopic (exact) mass is 594 g/mol. The van der Waals surface area contributed by atoms with Gasteiger partial charge in [0.05, 0.1) is 35.3 Å². The number of benzene rings is 2. The third kappa shape index (κ3) is 5.92. The first-order chi connectivity index (χ1) is 17.3. The molecule has 0 bridgehead atoms. The Morgan fingerprint density at radius 2 is 1.86 bits per heavy atom. The van der Waals surface area contributed by atoms with Gasteiger partial charge in [0.1, 0.15) is 6.54 Å². The van der Waals surface area contributed by atoms with Crippen LogP contribution >= 0.6 is 39.3 Å². The number of carbonyl (C=O) groups excluding carboxylic acids is 4. The quantitative estimate of drug-likeness (QED) is 0.278. The van der Waals surface area contributed by atoms with Gasteiger partial charge in [-0.05, 0) is 75.7 Å². The van der Waals surface area contributed by atoms with Crippen molar-refractivity contribution in [2.75, 3.05) is 40.0 Å². The van der Waals surface area contributed by atoms with Crippen LogP contribution in [-0.4, -0.2) is 72.8 Å². The van der Waals surface area contributed by atoms with Crippen LogP contribution in [0.4, 0.5) is 4.79 Å². The number of imide groups is 1. The Morgan fingerprint density at radius 3 is 2.53 bits per heavy atom. The van der Waals surface area contributed by atoms with E-state index in [1.165, 1.54) is 13.2 Å². The SMILES string of the molecule is COc1cc(/C=C2\SC(=O)N(CC(=O)N3CCOCC3)C2=O)cc(Br)c1OC(=O)c1ccc(Cl)cc1. The van der Waals surface area contributed by atoms with Crippen molar-refractivity contribution in [1.29, 1.82) is 0 Å². The molecule has 2 heterocycles. The van der Waals surface area contributed by atoms with Crippen LogP contribution in [0.1, 0.15) is 15.9 Å². The Bertz CT molecular complexity index is 1250. The highest BCUT2D eigenvalue weighted by atomic mass is 79.9. The zero-order valence-corrected chi connectivity index (χ0v) is 22.2. The molecule has 0 atom stereocenters. The van der Waals surface area contributed by atoms with E-state index in [0.29, 0.717) is 46.9 Å². The molecule has 0 aromatic heterocycles. The Hall–Kier alpha value is -2.86. The summed E-state index contributed by atoms with van der Waals surface area (Å²) in [6.45, 7) is 1.38. The molecule has 4 rings (SSSR count). The number of ether oxygens (including phenoxy) is 3. The lowest BCUT2D eigenvalue weighted by molar-refractivity contribution is -0.139. The zero-order chi connectivity index (χ0) is 25.8. The number of hydrogen-bond donors (Lipinski definition) is 0. The van der Waals surface area contributed by atoms with Gasteiger partial charge in [-0.25, -0.2) is 4.79 Å². The molecule has 2 fully saturated rings. The number of methoxy groups -OCH3 is 1. The van der Waals surface area contributed by atoms with Crippen molar-refractivity contribution in [3.8, 4) is 11.5 Å². The van der Waals surface area contributed by atoms with Gasteiger partial charge in [-0.3, -0.25) is 19.3 Å². The van der Waals surface area contributed by atoms with E-state index in [-0.39, 0.29) is 28.9 Å². The number of amides is 3. The highest BCUT2D eigenvalue weighted by Gasteiger charge is 2.37. The number of morpholine rings is 1. The van der Waals surface area contributed by atoms with Crippen LogP contribution in [0, 0.1) is 0 Å². The smallest absolute Gasteiger partial charge is 0.343 e. The largest absolute Gasteiger partial charge is 0.493 e. The summed E-state index contributed by atoms with van der Waals surface area (Å²) in [5.41, 5.74) is 0.827. The topological polar surface area (TPSA) is 102 Å². The Morgan fingerprint density at radius 1 is 1.17 bits per heavy atom. The summed E-state index contributed by atoms with van der Waals surface area (Å²) in [5.74, 6) is -1.08. The van der Waals surface area contributed by atoms with Gasteiger partial charge in [-0.1, -0.05) is 11.6 Å². The number of halogens is 2. The molecule has 188 valence electrons. The van der Waals surface area contributed by atoms with Crippen LogP contribution in [0.25, 0.3) is 6.08 Å². The minimum Gasteiger partial charge on any atom is -0.493 e. The molecular weight excluding hydrogens is 576 g/mol. The van der Waals surface area contributed by atoms with E-state index < -0.39 is 17.1 Å². The lowest BCUT2D eigenvalue weighted by Crippen LogP contribution is -2.46. The molecule has 2 saturated heterocycles. The second-order valence-electron chi connectivity index (χ2n) is 7.69. The van der Waals surface area contributed by atoms with Gasteiger partial charge in [-0.2, -0.15) is 0 Å². The molecule has 12 heteroatoms. The maximum atomic E-state index is 12.9. The Kier molecular flexibility index (Phi) is 8.35. The minimum absolute atomic E-state index is 0.152. The van der Waals surface area contributed by atoms with Crippen LogP contribution in [0.3, 0.4) is 0 Å². The lowest BCUT2D eigenvalue weighted by atomic mass is 10.1. The summed E-state index contributed by atoms with van der Waals surface area (Å²) in [4.78, 5) is 53.0. The minimum atomic E-state index is -0.607. The predicted molar refractivity (Wildman–Crippen MR) is 137 cm³/mol.